The Morgan fingerprint density at radius 3 is 2.53 bits per heavy atom. The molecule has 1 aromatic carbocycles. The highest BCUT2D eigenvalue weighted by atomic mass is 32.2. The van der Waals surface area contributed by atoms with Gasteiger partial charge >= 0.3 is 0 Å². The van der Waals surface area contributed by atoms with Crippen LogP contribution in [0.3, 0.4) is 0 Å². The van der Waals surface area contributed by atoms with Crippen LogP contribution in [-0.2, 0) is 0 Å². The monoisotopic (exact) mass is 276 g/mol. The van der Waals surface area contributed by atoms with Gasteiger partial charge in [0.2, 0.25) is 5.96 Å². The molecule has 2 rings (SSSR count). The molecule has 0 bridgehead atoms. The largest absolute Gasteiger partial charge is 0.369 e. The fourth-order valence-corrected chi connectivity index (χ4v) is 3.43. The Kier molecular flexibility index (Phi) is 4.85. The first-order chi connectivity index (χ1) is 9.15. The number of guanidine groups is 1. The van der Waals surface area contributed by atoms with Gasteiger partial charge < -0.3 is 5.73 Å². The van der Waals surface area contributed by atoms with Crippen molar-refractivity contribution in [1.29, 1.82) is 5.41 Å². The van der Waals surface area contributed by atoms with Gasteiger partial charge in [0.15, 0.2) is 0 Å². The lowest BCUT2D eigenvalue weighted by atomic mass is 10.1. The molecule has 0 aromatic heterocycles. The standard InChI is InChI=1S/C14H20N4S/c1-10(17-18-14(15)16)11-6-8-13(9-7-11)19-12-4-2-3-5-12/h6-9,12H,2-5H2,1H3,(H4,15,16,18). The van der Waals surface area contributed by atoms with Crippen LogP contribution in [0.4, 0.5) is 0 Å². The summed E-state index contributed by atoms with van der Waals surface area (Å²) in [4.78, 5) is 1.32. The van der Waals surface area contributed by atoms with E-state index in [1.165, 1.54) is 30.6 Å². The third kappa shape index (κ3) is 4.28. The first kappa shape index (κ1) is 13.9. The molecular weight excluding hydrogens is 256 g/mol. The fourth-order valence-electron chi connectivity index (χ4n) is 2.18. The van der Waals surface area contributed by atoms with Gasteiger partial charge in [0.05, 0.1) is 5.71 Å². The first-order valence-corrected chi connectivity index (χ1v) is 7.44. The molecule has 102 valence electrons. The van der Waals surface area contributed by atoms with Crippen molar-refractivity contribution in [3.63, 3.8) is 0 Å². The van der Waals surface area contributed by atoms with Crippen molar-refractivity contribution in [3.05, 3.63) is 29.8 Å². The lowest BCUT2D eigenvalue weighted by Crippen LogP contribution is -2.26. The van der Waals surface area contributed by atoms with Gasteiger partial charge in [-0.25, -0.2) is 5.43 Å². The summed E-state index contributed by atoms with van der Waals surface area (Å²) < 4.78 is 0. The van der Waals surface area contributed by atoms with Crippen LogP contribution < -0.4 is 11.2 Å². The van der Waals surface area contributed by atoms with Gasteiger partial charge in [-0.05, 0) is 37.5 Å². The molecular formula is C14H20N4S. The number of benzene rings is 1. The van der Waals surface area contributed by atoms with Crippen molar-refractivity contribution in [2.24, 2.45) is 10.8 Å². The summed E-state index contributed by atoms with van der Waals surface area (Å²) in [7, 11) is 0. The average molecular weight is 276 g/mol. The normalized spacial score (nSPS) is 16.6. The summed E-state index contributed by atoms with van der Waals surface area (Å²) in [6.45, 7) is 1.90. The maximum absolute atomic E-state index is 7.07. The number of nitrogens with zero attached hydrogens (tertiary/aromatic N) is 1. The summed E-state index contributed by atoms with van der Waals surface area (Å²) in [5, 5.41) is 11.9. The molecule has 19 heavy (non-hydrogen) atoms. The highest BCUT2D eigenvalue weighted by Crippen LogP contribution is 2.34. The molecule has 1 aromatic rings. The van der Waals surface area contributed by atoms with Crippen LogP contribution in [-0.4, -0.2) is 16.9 Å². The predicted molar refractivity (Wildman–Crippen MR) is 81.8 cm³/mol. The van der Waals surface area contributed by atoms with Crippen molar-refractivity contribution in [1.82, 2.24) is 5.43 Å². The van der Waals surface area contributed by atoms with Crippen molar-refractivity contribution in [2.45, 2.75) is 42.8 Å². The minimum Gasteiger partial charge on any atom is -0.369 e. The molecule has 1 aliphatic carbocycles. The molecule has 0 radical (unpaired) electrons. The molecule has 0 spiro atoms. The zero-order valence-electron chi connectivity index (χ0n) is 11.1. The Morgan fingerprint density at radius 2 is 1.95 bits per heavy atom. The van der Waals surface area contributed by atoms with E-state index in [-0.39, 0.29) is 5.96 Å². The van der Waals surface area contributed by atoms with Gasteiger partial charge in [-0.1, -0.05) is 25.0 Å². The van der Waals surface area contributed by atoms with E-state index in [1.54, 1.807) is 0 Å². The lowest BCUT2D eigenvalue weighted by Gasteiger charge is -2.09. The maximum Gasteiger partial charge on any atom is 0.206 e. The Hall–Kier alpha value is -1.49. The van der Waals surface area contributed by atoms with E-state index in [0.29, 0.717) is 0 Å². The number of rotatable bonds is 4. The molecule has 1 saturated carbocycles. The molecule has 0 heterocycles. The van der Waals surface area contributed by atoms with Gasteiger partial charge in [0.1, 0.15) is 0 Å². The van der Waals surface area contributed by atoms with E-state index in [1.807, 2.05) is 18.7 Å². The minimum atomic E-state index is -0.146. The third-order valence-corrected chi connectivity index (χ3v) is 4.57. The van der Waals surface area contributed by atoms with Gasteiger partial charge in [0, 0.05) is 10.1 Å². The second-order valence-corrected chi connectivity index (χ2v) is 6.15. The van der Waals surface area contributed by atoms with E-state index < -0.39 is 0 Å². The number of hydrogen-bond acceptors (Lipinski definition) is 3. The number of thioether (sulfide) groups is 1. The number of hydrogen-bond donors (Lipinski definition) is 3. The highest BCUT2D eigenvalue weighted by Gasteiger charge is 2.15. The Labute approximate surface area is 118 Å². The molecule has 4 N–H and O–H groups in total. The second-order valence-electron chi connectivity index (χ2n) is 4.77. The molecule has 1 fully saturated rings. The van der Waals surface area contributed by atoms with Crippen LogP contribution >= 0.6 is 11.8 Å². The quantitative estimate of drug-likeness (QED) is 0.449. The van der Waals surface area contributed by atoms with Crippen molar-refractivity contribution in [3.8, 4) is 0 Å². The summed E-state index contributed by atoms with van der Waals surface area (Å²) in [5.74, 6) is -0.146. The number of hydrazone groups is 1. The first-order valence-electron chi connectivity index (χ1n) is 6.56. The minimum absolute atomic E-state index is 0.146. The van der Waals surface area contributed by atoms with Crippen LogP contribution in [0, 0.1) is 5.41 Å². The summed E-state index contributed by atoms with van der Waals surface area (Å²) in [6, 6.07) is 8.42. The Balaban J connectivity index is 1.97. The Bertz CT molecular complexity index is 461. The molecule has 0 aliphatic heterocycles. The summed E-state index contributed by atoms with van der Waals surface area (Å²) in [5.41, 5.74) is 9.53. The van der Waals surface area contributed by atoms with Crippen LogP contribution in [0.2, 0.25) is 0 Å². The third-order valence-electron chi connectivity index (χ3n) is 3.22. The molecule has 1 aliphatic rings. The topological polar surface area (TPSA) is 74.3 Å². The van der Waals surface area contributed by atoms with Crippen molar-refractivity contribution in [2.75, 3.05) is 0 Å². The zero-order chi connectivity index (χ0) is 13.7. The highest BCUT2D eigenvalue weighted by molar-refractivity contribution is 8.00. The van der Waals surface area contributed by atoms with Crippen LogP contribution in [0.5, 0.6) is 0 Å². The van der Waals surface area contributed by atoms with Crippen LogP contribution in [0.1, 0.15) is 38.2 Å². The van der Waals surface area contributed by atoms with Gasteiger partial charge in [0.25, 0.3) is 0 Å². The number of nitrogens with two attached hydrogens (primary N) is 1. The van der Waals surface area contributed by atoms with E-state index in [9.17, 15) is 0 Å². The van der Waals surface area contributed by atoms with Gasteiger partial charge in [-0.15, -0.1) is 11.8 Å². The van der Waals surface area contributed by atoms with Crippen LogP contribution in [0.15, 0.2) is 34.3 Å². The van der Waals surface area contributed by atoms with Gasteiger partial charge in [-0.2, -0.15) is 5.10 Å². The molecule has 0 atom stereocenters. The molecule has 5 heteroatoms. The SMILES string of the molecule is CC(=NNC(=N)N)c1ccc(SC2CCCC2)cc1. The summed E-state index contributed by atoms with van der Waals surface area (Å²) in [6.07, 6.45) is 5.43. The Morgan fingerprint density at radius 1 is 1.32 bits per heavy atom. The maximum atomic E-state index is 7.07. The van der Waals surface area contributed by atoms with E-state index >= 15 is 0 Å². The van der Waals surface area contributed by atoms with Crippen molar-refractivity contribution < 1.29 is 0 Å². The fraction of sp³-hybridized carbons (Fsp3) is 0.429. The van der Waals surface area contributed by atoms with Gasteiger partial charge in [-0.3, -0.25) is 5.41 Å². The molecule has 0 saturated heterocycles. The average Bonchev–Trinajstić information content (AvgIpc) is 2.89. The molecule has 4 nitrogen and oxygen atoms in total. The number of nitrogens with one attached hydrogen (secondary N) is 2. The second kappa shape index (κ2) is 6.61. The van der Waals surface area contributed by atoms with E-state index in [2.05, 4.69) is 34.8 Å². The van der Waals surface area contributed by atoms with E-state index in [0.717, 1.165) is 16.5 Å². The summed E-state index contributed by atoms with van der Waals surface area (Å²) >= 11 is 1.98. The van der Waals surface area contributed by atoms with Crippen LogP contribution in [0.25, 0.3) is 0 Å². The predicted octanol–water partition coefficient (Wildman–Crippen LogP) is 2.93. The smallest absolute Gasteiger partial charge is 0.206 e. The van der Waals surface area contributed by atoms with Crippen molar-refractivity contribution >= 4 is 23.4 Å². The lowest BCUT2D eigenvalue weighted by molar-refractivity contribution is 0.886. The zero-order valence-corrected chi connectivity index (χ0v) is 12.0. The van der Waals surface area contributed by atoms with E-state index in [4.69, 9.17) is 11.1 Å². The molecule has 0 unspecified atom stereocenters. The molecule has 0 amide bonds.